The van der Waals surface area contributed by atoms with Crippen LogP contribution in [0.3, 0.4) is 0 Å². The molecule has 0 saturated heterocycles. The van der Waals surface area contributed by atoms with Crippen LogP contribution in [0.2, 0.25) is 5.02 Å². The monoisotopic (exact) mass is 413 g/mol. The van der Waals surface area contributed by atoms with Crippen LogP contribution in [0.1, 0.15) is 18.3 Å². The van der Waals surface area contributed by atoms with Crippen LogP contribution in [0.15, 0.2) is 48.5 Å². The van der Waals surface area contributed by atoms with Crippen LogP contribution in [0.4, 0.5) is 17.6 Å². The highest BCUT2D eigenvalue weighted by atomic mass is 35.5. The van der Waals surface area contributed by atoms with Gasteiger partial charge in [-0.2, -0.15) is 15.0 Å². The van der Waals surface area contributed by atoms with E-state index < -0.39 is 12.1 Å². The Morgan fingerprint density at radius 2 is 1.79 bits per heavy atom. The first-order chi connectivity index (χ1) is 13.9. The summed E-state index contributed by atoms with van der Waals surface area (Å²) >= 11 is 5.83. The minimum atomic E-state index is -0.819. The lowest BCUT2D eigenvalue weighted by molar-refractivity contribution is -0.152. The topological polar surface area (TPSA) is 112 Å². The summed E-state index contributed by atoms with van der Waals surface area (Å²) in [6.45, 7) is 3.42. The molecule has 0 fully saturated rings. The molecule has 0 amide bonds. The molecule has 0 aliphatic rings. The second-order valence-electron chi connectivity index (χ2n) is 6.25. The van der Waals surface area contributed by atoms with Gasteiger partial charge in [0.05, 0.1) is 0 Å². The van der Waals surface area contributed by atoms with E-state index in [2.05, 4.69) is 20.3 Å². The predicted octanol–water partition coefficient (Wildman–Crippen LogP) is 3.67. The van der Waals surface area contributed by atoms with Crippen LogP contribution in [0.5, 0.6) is 5.75 Å². The van der Waals surface area contributed by atoms with Crippen molar-refractivity contribution in [2.24, 2.45) is 0 Å². The maximum Gasteiger partial charge on any atom is 0.347 e. The van der Waals surface area contributed by atoms with Crippen molar-refractivity contribution in [3.8, 4) is 5.75 Å². The summed E-state index contributed by atoms with van der Waals surface area (Å²) in [6.07, 6.45) is -0.819. The Kier molecular flexibility index (Phi) is 6.46. The molecule has 9 heteroatoms. The molecule has 0 aliphatic heterocycles. The molecule has 0 aliphatic carbocycles. The fourth-order valence-electron chi connectivity index (χ4n) is 2.34. The number of esters is 1. The van der Waals surface area contributed by atoms with E-state index in [-0.39, 0.29) is 24.3 Å². The van der Waals surface area contributed by atoms with Gasteiger partial charge >= 0.3 is 5.97 Å². The molecule has 1 atom stereocenters. The molecule has 0 bridgehead atoms. The summed E-state index contributed by atoms with van der Waals surface area (Å²) in [6, 6.07) is 14.4. The Hall–Kier alpha value is -3.39. The first-order valence-corrected chi connectivity index (χ1v) is 9.20. The molecule has 2 aromatic carbocycles. The zero-order valence-electron chi connectivity index (χ0n) is 15.9. The minimum absolute atomic E-state index is 0.0196. The van der Waals surface area contributed by atoms with Crippen LogP contribution < -0.4 is 15.8 Å². The number of benzene rings is 2. The smallest absolute Gasteiger partial charge is 0.347 e. The maximum atomic E-state index is 12.2. The van der Waals surface area contributed by atoms with E-state index in [9.17, 15) is 4.79 Å². The van der Waals surface area contributed by atoms with Gasteiger partial charge in [0.2, 0.25) is 11.9 Å². The number of anilines is 3. The number of hydrogen-bond acceptors (Lipinski definition) is 8. The van der Waals surface area contributed by atoms with E-state index in [1.807, 2.05) is 31.2 Å². The van der Waals surface area contributed by atoms with Crippen molar-refractivity contribution in [1.82, 2.24) is 15.0 Å². The summed E-state index contributed by atoms with van der Waals surface area (Å²) in [5, 5.41) is 3.62. The first kappa shape index (κ1) is 20.3. The largest absolute Gasteiger partial charge is 0.479 e. The Balaban J connectivity index is 1.59. The van der Waals surface area contributed by atoms with E-state index >= 15 is 0 Å². The van der Waals surface area contributed by atoms with Crippen molar-refractivity contribution >= 4 is 35.2 Å². The zero-order chi connectivity index (χ0) is 20.8. The summed E-state index contributed by atoms with van der Waals surface area (Å²) in [5.41, 5.74) is 7.67. The highest BCUT2D eigenvalue weighted by Gasteiger charge is 2.17. The molecular weight excluding hydrogens is 394 g/mol. The van der Waals surface area contributed by atoms with Crippen LogP contribution in [0.25, 0.3) is 0 Å². The summed E-state index contributed by atoms with van der Waals surface area (Å²) in [4.78, 5) is 24.5. The number of ether oxygens (including phenoxy) is 2. The van der Waals surface area contributed by atoms with Crippen LogP contribution in [0, 0.1) is 6.92 Å². The van der Waals surface area contributed by atoms with Crippen molar-refractivity contribution in [3.63, 3.8) is 0 Å². The molecular formula is C20H20ClN5O3. The van der Waals surface area contributed by atoms with Gasteiger partial charge in [0.25, 0.3) is 0 Å². The van der Waals surface area contributed by atoms with Crippen molar-refractivity contribution < 1.29 is 14.3 Å². The van der Waals surface area contributed by atoms with Crippen LogP contribution in [-0.2, 0) is 16.1 Å². The van der Waals surface area contributed by atoms with Gasteiger partial charge in [-0.3, -0.25) is 0 Å². The number of carbonyl (C=O) groups is 1. The summed E-state index contributed by atoms with van der Waals surface area (Å²) in [5.74, 6) is 0.447. The van der Waals surface area contributed by atoms with Crippen molar-refractivity contribution in [2.45, 2.75) is 26.6 Å². The number of aromatic nitrogens is 3. The third kappa shape index (κ3) is 6.05. The second kappa shape index (κ2) is 9.20. The summed E-state index contributed by atoms with van der Waals surface area (Å²) in [7, 11) is 0. The van der Waals surface area contributed by atoms with E-state index in [4.69, 9.17) is 26.8 Å². The first-order valence-electron chi connectivity index (χ1n) is 8.82. The van der Waals surface area contributed by atoms with Gasteiger partial charge in [0, 0.05) is 10.7 Å². The maximum absolute atomic E-state index is 12.2. The number of hydrogen-bond donors (Lipinski definition) is 2. The van der Waals surface area contributed by atoms with Gasteiger partial charge < -0.3 is 20.5 Å². The average Bonchev–Trinajstić information content (AvgIpc) is 2.69. The lowest BCUT2D eigenvalue weighted by Gasteiger charge is -2.14. The molecule has 3 N–H and O–H groups in total. The molecule has 29 heavy (non-hydrogen) atoms. The zero-order valence-corrected chi connectivity index (χ0v) is 16.7. The molecule has 3 rings (SSSR count). The normalized spacial score (nSPS) is 11.6. The van der Waals surface area contributed by atoms with E-state index in [0.717, 1.165) is 11.3 Å². The molecule has 0 saturated carbocycles. The molecule has 8 nitrogen and oxygen atoms in total. The standard InChI is InChI=1S/C20H20ClN5O3/c1-12-3-7-15(8-4-12)23-20-25-17(24-19(22)26-20)11-28-18(27)13(2)29-16-9-5-14(21)6-10-16/h3-10,13H,11H2,1-2H3,(H3,22,23,24,25,26)/t13-/m1/s1. The second-order valence-corrected chi connectivity index (χ2v) is 6.68. The fraction of sp³-hybridized carbons (Fsp3) is 0.200. The van der Waals surface area contributed by atoms with Crippen molar-refractivity contribution in [2.75, 3.05) is 11.1 Å². The molecule has 3 aromatic rings. The third-order valence-corrected chi connectivity index (χ3v) is 4.06. The van der Waals surface area contributed by atoms with Gasteiger partial charge in [0.15, 0.2) is 18.5 Å². The third-order valence-electron chi connectivity index (χ3n) is 3.81. The number of carbonyl (C=O) groups excluding carboxylic acids is 1. The Labute approximate surface area is 173 Å². The van der Waals surface area contributed by atoms with E-state index in [1.165, 1.54) is 0 Å². The molecule has 150 valence electrons. The van der Waals surface area contributed by atoms with Crippen molar-refractivity contribution in [1.29, 1.82) is 0 Å². The Morgan fingerprint density at radius 3 is 2.48 bits per heavy atom. The molecule has 1 aromatic heterocycles. The minimum Gasteiger partial charge on any atom is -0.479 e. The van der Waals surface area contributed by atoms with Gasteiger partial charge in [0.1, 0.15) is 5.75 Å². The Morgan fingerprint density at radius 1 is 1.10 bits per heavy atom. The molecule has 0 unspecified atom stereocenters. The highest BCUT2D eigenvalue weighted by molar-refractivity contribution is 6.30. The van der Waals surface area contributed by atoms with E-state index in [0.29, 0.717) is 10.8 Å². The SMILES string of the molecule is Cc1ccc(Nc2nc(N)nc(COC(=O)[C@@H](C)Oc3ccc(Cl)cc3)n2)cc1. The van der Waals surface area contributed by atoms with Gasteiger partial charge in [-0.25, -0.2) is 4.79 Å². The van der Waals surface area contributed by atoms with Gasteiger partial charge in [-0.15, -0.1) is 0 Å². The summed E-state index contributed by atoms with van der Waals surface area (Å²) < 4.78 is 10.8. The van der Waals surface area contributed by atoms with Crippen LogP contribution in [-0.4, -0.2) is 27.0 Å². The molecule has 0 spiro atoms. The van der Waals surface area contributed by atoms with Crippen LogP contribution >= 0.6 is 11.6 Å². The molecule has 0 radical (unpaired) electrons. The Bertz CT molecular complexity index is 980. The quantitative estimate of drug-likeness (QED) is 0.564. The number of rotatable bonds is 7. The highest BCUT2D eigenvalue weighted by Crippen LogP contribution is 2.18. The van der Waals surface area contributed by atoms with E-state index in [1.54, 1.807) is 31.2 Å². The number of nitrogens with zero attached hydrogens (tertiary/aromatic N) is 3. The van der Waals surface area contributed by atoms with Crippen molar-refractivity contribution in [3.05, 3.63) is 64.9 Å². The lowest BCUT2D eigenvalue weighted by atomic mass is 10.2. The average molecular weight is 414 g/mol. The number of aryl methyl sites for hydroxylation is 1. The van der Waals surface area contributed by atoms with Gasteiger partial charge in [-0.1, -0.05) is 29.3 Å². The lowest BCUT2D eigenvalue weighted by Crippen LogP contribution is -2.26. The number of nitrogens with two attached hydrogens (primary N) is 1. The fourth-order valence-corrected chi connectivity index (χ4v) is 2.47. The number of nitrogen functional groups attached to an aromatic ring is 1. The number of nitrogens with one attached hydrogen (secondary N) is 1. The number of halogens is 1. The van der Waals surface area contributed by atoms with Gasteiger partial charge in [-0.05, 0) is 50.2 Å². The molecule has 1 heterocycles. The predicted molar refractivity (Wildman–Crippen MR) is 110 cm³/mol.